The highest BCUT2D eigenvalue weighted by molar-refractivity contribution is 7.83. The number of benzene rings is 1. The molecule has 0 fully saturated rings. The number of nitrogens with zero attached hydrogens (tertiary/aromatic N) is 1. The predicted molar refractivity (Wildman–Crippen MR) is 92.2 cm³/mol. The van der Waals surface area contributed by atoms with Gasteiger partial charge >= 0.3 is 0 Å². The van der Waals surface area contributed by atoms with E-state index in [2.05, 4.69) is 5.16 Å². The number of hydrogen-bond donors (Lipinski definition) is 0. The molecule has 0 aliphatic heterocycles. The molecule has 1 heterocycles. The molecule has 5 heteroatoms. The Morgan fingerprint density at radius 3 is 2.22 bits per heavy atom. The molecule has 0 spiro atoms. The van der Waals surface area contributed by atoms with Crippen molar-refractivity contribution in [2.45, 2.75) is 53.0 Å². The Kier molecular flexibility index (Phi) is 5.19. The molecule has 0 unspecified atom stereocenters. The summed E-state index contributed by atoms with van der Waals surface area (Å²) in [5, 5.41) is 3.91. The van der Waals surface area contributed by atoms with Crippen molar-refractivity contribution in [2.75, 3.05) is 0 Å². The number of hydrogen-bond acceptors (Lipinski definition) is 4. The van der Waals surface area contributed by atoms with E-state index in [9.17, 15) is 9.00 Å². The third-order valence-electron chi connectivity index (χ3n) is 4.27. The van der Waals surface area contributed by atoms with Crippen molar-refractivity contribution in [3.63, 3.8) is 0 Å². The summed E-state index contributed by atoms with van der Waals surface area (Å²) in [6, 6.07) is 2.01. The van der Waals surface area contributed by atoms with E-state index in [0.29, 0.717) is 11.5 Å². The largest absolute Gasteiger partial charge is 0.361 e. The monoisotopic (exact) mass is 333 g/mol. The molecular formula is C18H23NO3S. The smallest absolute Gasteiger partial charge is 0.160 e. The minimum Gasteiger partial charge on any atom is -0.361 e. The van der Waals surface area contributed by atoms with E-state index in [1.165, 1.54) is 0 Å². The maximum absolute atomic E-state index is 12.6. The van der Waals surface area contributed by atoms with Crippen molar-refractivity contribution in [3.05, 3.63) is 50.9 Å². The van der Waals surface area contributed by atoms with E-state index in [1.807, 2.05) is 40.7 Å². The molecular weight excluding hydrogens is 310 g/mol. The lowest BCUT2D eigenvalue weighted by Gasteiger charge is -2.15. The molecule has 2 aromatic rings. The van der Waals surface area contributed by atoms with Crippen LogP contribution in [0.2, 0.25) is 0 Å². The lowest BCUT2D eigenvalue weighted by molar-refractivity contribution is 0.101. The highest BCUT2D eigenvalue weighted by Gasteiger charge is 2.18. The number of aromatic nitrogens is 1. The van der Waals surface area contributed by atoms with Gasteiger partial charge in [0.25, 0.3) is 0 Å². The van der Waals surface area contributed by atoms with E-state index in [-0.39, 0.29) is 5.78 Å². The minimum atomic E-state index is -1.08. The van der Waals surface area contributed by atoms with Crippen LogP contribution in [0.15, 0.2) is 10.6 Å². The van der Waals surface area contributed by atoms with Crippen LogP contribution < -0.4 is 0 Å². The molecule has 4 nitrogen and oxygen atoms in total. The summed E-state index contributed by atoms with van der Waals surface area (Å²) in [6.45, 7) is 11.2. The van der Waals surface area contributed by atoms with Gasteiger partial charge in [0.05, 0.1) is 11.4 Å². The first-order chi connectivity index (χ1) is 10.7. The second kappa shape index (κ2) is 6.79. The van der Waals surface area contributed by atoms with E-state index in [4.69, 9.17) is 4.52 Å². The lowest BCUT2D eigenvalue weighted by atomic mass is 9.92. The van der Waals surface area contributed by atoms with Gasteiger partial charge in [-0.25, -0.2) is 0 Å². The second-order valence-corrected chi connectivity index (χ2v) is 7.53. The molecule has 23 heavy (non-hydrogen) atoms. The standard InChI is InChI=1S/C18H23NO3S/c1-10-7-11(2)18(14(5)20)12(3)16(10)8-23(21)9-17-13(4)19-22-15(17)6/h7H,8-9H2,1-6H3/t23-/m1/s1. The first kappa shape index (κ1) is 17.6. The number of aryl methyl sites for hydroxylation is 4. The molecule has 1 aromatic carbocycles. The summed E-state index contributed by atoms with van der Waals surface area (Å²) in [7, 11) is -1.08. The fourth-order valence-electron chi connectivity index (χ4n) is 3.07. The van der Waals surface area contributed by atoms with Crippen LogP contribution in [0.4, 0.5) is 0 Å². The van der Waals surface area contributed by atoms with Gasteiger partial charge in [-0.2, -0.15) is 0 Å². The van der Waals surface area contributed by atoms with Gasteiger partial charge in [0.1, 0.15) is 5.76 Å². The number of rotatable bonds is 5. The molecule has 0 aliphatic carbocycles. The van der Waals surface area contributed by atoms with Gasteiger partial charge in [0.15, 0.2) is 5.78 Å². The van der Waals surface area contributed by atoms with Gasteiger partial charge in [-0.15, -0.1) is 0 Å². The summed E-state index contributed by atoms with van der Waals surface area (Å²) in [5.74, 6) is 1.63. The molecule has 2 rings (SSSR count). The molecule has 0 amide bonds. The fourth-order valence-corrected chi connectivity index (χ4v) is 4.67. The van der Waals surface area contributed by atoms with Crippen molar-refractivity contribution in [1.29, 1.82) is 0 Å². The van der Waals surface area contributed by atoms with Crippen molar-refractivity contribution in [2.24, 2.45) is 0 Å². The van der Waals surface area contributed by atoms with Gasteiger partial charge in [-0.05, 0) is 63.8 Å². The lowest BCUT2D eigenvalue weighted by Crippen LogP contribution is -2.09. The first-order valence-corrected chi connectivity index (χ1v) is 9.08. The van der Waals surface area contributed by atoms with E-state index < -0.39 is 10.8 Å². The summed E-state index contributed by atoms with van der Waals surface area (Å²) in [4.78, 5) is 11.9. The van der Waals surface area contributed by atoms with Gasteiger partial charge in [0.2, 0.25) is 0 Å². The number of carbonyl (C=O) groups excluding carboxylic acids is 1. The number of Topliss-reactive ketones (excluding diaryl/α,β-unsaturated/α-hetero) is 1. The summed E-state index contributed by atoms with van der Waals surface area (Å²) < 4.78 is 17.7. The Morgan fingerprint density at radius 1 is 1.09 bits per heavy atom. The Hall–Kier alpha value is -1.75. The zero-order chi connectivity index (χ0) is 17.3. The Balaban J connectivity index is 2.31. The van der Waals surface area contributed by atoms with Crippen molar-refractivity contribution < 1.29 is 13.5 Å². The average molecular weight is 333 g/mol. The van der Waals surface area contributed by atoms with Crippen molar-refractivity contribution >= 4 is 16.6 Å². The highest BCUT2D eigenvalue weighted by Crippen LogP contribution is 2.25. The third kappa shape index (κ3) is 3.61. The Labute approximate surface area is 139 Å². The third-order valence-corrected chi connectivity index (χ3v) is 5.50. The Morgan fingerprint density at radius 2 is 1.70 bits per heavy atom. The van der Waals surface area contributed by atoms with Crippen molar-refractivity contribution in [1.82, 2.24) is 5.16 Å². The van der Waals surface area contributed by atoms with Crippen LogP contribution in [0.5, 0.6) is 0 Å². The maximum atomic E-state index is 12.6. The van der Waals surface area contributed by atoms with Crippen molar-refractivity contribution in [3.8, 4) is 0 Å². The average Bonchev–Trinajstić information content (AvgIpc) is 2.74. The molecule has 0 saturated heterocycles. The van der Waals surface area contributed by atoms with Crippen LogP contribution in [0.25, 0.3) is 0 Å². The summed E-state index contributed by atoms with van der Waals surface area (Å²) in [6.07, 6.45) is 0. The molecule has 0 N–H and O–H groups in total. The van der Waals surface area contributed by atoms with Crippen LogP contribution in [0.3, 0.4) is 0 Å². The normalized spacial score (nSPS) is 12.4. The van der Waals surface area contributed by atoms with Crippen LogP contribution in [-0.4, -0.2) is 15.1 Å². The summed E-state index contributed by atoms with van der Waals surface area (Å²) >= 11 is 0. The minimum absolute atomic E-state index is 0.0535. The van der Waals surface area contributed by atoms with Gasteiger partial charge in [0, 0.05) is 27.7 Å². The van der Waals surface area contributed by atoms with E-state index >= 15 is 0 Å². The van der Waals surface area contributed by atoms with E-state index in [1.54, 1.807) is 6.92 Å². The van der Waals surface area contributed by atoms with Gasteiger partial charge in [-0.3, -0.25) is 9.00 Å². The van der Waals surface area contributed by atoms with E-state index in [0.717, 1.165) is 44.8 Å². The fraction of sp³-hybridized carbons (Fsp3) is 0.444. The van der Waals surface area contributed by atoms with Crippen LogP contribution in [0, 0.1) is 34.6 Å². The van der Waals surface area contributed by atoms with Crippen LogP contribution in [-0.2, 0) is 22.3 Å². The molecule has 0 aliphatic rings. The second-order valence-electron chi connectivity index (χ2n) is 6.08. The van der Waals surface area contributed by atoms with Gasteiger partial charge < -0.3 is 4.52 Å². The zero-order valence-corrected chi connectivity index (χ0v) is 15.4. The quantitative estimate of drug-likeness (QED) is 0.779. The maximum Gasteiger partial charge on any atom is 0.160 e. The highest BCUT2D eigenvalue weighted by atomic mass is 32.2. The topological polar surface area (TPSA) is 60.2 Å². The molecule has 1 atom stereocenters. The molecule has 0 bridgehead atoms. The zero-order valence-electron chi connectivity index (χ0n) is 14.6. The molecule has 0 radical (unpaired) electrons. The predicted octanol–water partition coefficient (Wildman–Crippen LogP) is 3.87. The van der Waals surface area contributed by atoms with Crippen LogP contribution in [0.1, 0.15) is 56.6 Å². The number of carbonyl (C=O) groups is 1. The first-order valence-electron chi connectivity index (χ1n) is 7.59. The molecule has 0 saturated carbocycles. The van der Waals surface area contributed by atoms with Gasteiger partial charge in [-0.1, -0.05) is 11.2 Å². The summed E-state index contributed by atoms with van der Waals surface area (Å²) in [5.41, 5.74) is 6.47. The number of ketones is 1. The molecule has 124 valence electrons. The SMILES string of the molecule is CC(=O)c1c(C)cc(C)c(C[S@@](=O)Cc2c(C)noc2C)c1C. The van der Waals surface area contributed by atoms with Crippen LogP contribution >= 0.6 is 0 Å². The molecule has 1 aromatic heterocycles. The Bertz CT molecular complexity index is 771.